The van der Waals surface area contributed by atoms with Crippen LogP contribution in [0.25, 0.3) is 0 Å². The van der Waals surface area contributed by atoms with E-state index in [1.165, 1.54) is 5.56 Å². The van der Waals surface area contributed by atoms with Crippen molar-refractivity contribution >= 4 is 11.6 Å². The predicted octanol–water partition coefficient (Wildman–Crippen LogP) is 3.46. The summed E-state index contributed by atoms with van der Waals surface area (Å²) in [6.45, 7) is 4.62. The Morgan fingerprint density at radius 1 is 1.04 bits per heavy atom. The van der Waals surface area contributed by atoms with Crippen molar-refractivity contribution in [2.24, 2.45) is 10.7 Å². The van der Waals surface area contributed by atoms with Crippen LogP contribution in [0.2, 0.25) is 0 Å². The van der Waals surface area contributed by atoms with E-state index in [4.69, 9.17) is 19.9 Å². The molecule has 0 bridgehead atoms. The van der Waals surface area contributed by atoms with Gasteiger partial charge in [-0.2, -0.15) is 0 Å². The minimum absolute atomic E-state index is 0.174. The number of ether oxygens (including phenoxy) is 3. The molecule has 0 aromatic heterocycles. The molecule has 0 saturated carbocycles. The van der Waals surface area contributed by atoms with Crippen molar-refractivity contribution in [1.82, 2.24) is 0 Å². The zero-order chi connectivity index (χ0) is 18.9. The van der Waals surface area contributed by atoms with Gasteiger partial charge in [0.2, 0.25) is 0 Å². The van der Waals surface area contributed by atoms with Crippen LogP contribution in [-0.4, -0.2) is 32.8 Å². The summed E-state index contributed by atoms with van der Waals surface area (Å²) in [6, 6.07) is 13.5. The molecule has 2 aromatic rings. The lowest BCUT2D eigenvalue weighted by molar-refractivity contribution is 0.242. The summed E-state index contributed by atoms with van der Waals surface area (Å²) in [4.78, 5) is 4.36. The molecule has 0 amide bonds. The van der Waals surface area contributed by atoms with E-state index in [1.54, 1.807) is 14.2 Å². The van der Waals surface area contributed by atoms with E-state index in [0.29, 0.717) is 24.0 Å². The molecule has 0 aliphatic rings. The molecule has 0 fully saturated rings. The summed E-state index contributed by atoms with van der Waals surface area (Å²) in [5, 5.41) is 3.06. The van der Waals surface area contributed by atoms with Crippen molar-refractivity contribution in [3.05, 3.63) is 48.0 Å². The van der Waals surface area contributed by atoms with E-state index in [1.807, 2.05) is 56.3 Å². The van der Waals surface area contributed by atoms with Gasteiger partial charge in [0.05, 0.1) is 20.3 Å². The molecular formula is C20H27N3O3. The van der Waals surface area contributed by atoms with E-state index in [9.17, 15) is 0 Å². The first kappa shape index (κ1) is 19.4. The summed E-state index contributed by atoms with van der Waals surface area (Å²) in [5.74, 6) is 2.53. The summed E-state index contributed by atoms with van der Waals surface area (Å²) >= 11 is 0. The van der Waals surface area contributed by atoms with E-state index < -0.39 is 0 Å². The van der Waals surface area contributed by atoms with Crippen molar-refractivity contribution in [3.8, 4) is 17.2 Å². The highest BCUT2D eigenvalue weighted by Gasteiger charge is 2.05. The van der Waals surface area contributed by atoms with Gasteiger partial charge in [0.15, 0.2) is 17.5 Å². The molecule has 26 heavy (non-hydrogen) atoms. The number of guanidine groups is 1. The quantitative estimate of drug-likeness (QED) is 0.559. The number of nitrogens with zero attached hydrogens (tertiary/aromatic N) is 1. The SMILES string of the molecule is COc1ccc(NC(N)=NCCc2ccc(OC(C)C)cc2)cc1OC. The highest BCUT2D eigenvalue weighted by molar-refractivity contribution is 5.92. The van der Waals surface area contributed by atoms with Gasteiger partial charge in [-0.05, 0) is 50.1 Å². The molecule has 0 radical (unpaired) electrons. The highest BCUT2D eigenvalue weighted by atomic mass is 16.5. The molecule has 0 saturated heterocycles. The van der Waals surface area contributed by atoms with Crippen molar-refractivity contribution < 1.29 is 14.2 Å². The van der Waals surface area contributed by atoms with Crippen molar-refractivity contribution in [1.29, 1.82) is 0 Å². The maximum Gasteiger partial charge on any atom is 0.193 e. The van der Waals surface area contributed by atoms with Crippen molar-refractivity contribution in [2.45, 2.75) is 26.4 Å². The topological polar surface area (TPSA) is 78.1 Å². The smallest absolute Gasteiger partial charge is 0.193 e. The Bertz CT molecular complexity index is 728. The number of nitrogens with one attached hydrogen (secondary N) is 1. The van der Waals surface area contributed by atoms with E-state index in [0.717, 1.165) is 17.9 Å². The van der Waals surface area contributed by atoms with Gasteiger partial charge in [-0.15, -0.1) is 0 Å². The predicted molar refractivity (Wildman–Crippen MR) is 106 cm³/mol. The lowest BCUT2D eigenvalue weighted by Crippen LogP contribution is -2.23. The maximum atomic E-state index is 5.96. The van der Waals surface area contributed by atoms with Crippen LogP contribution in [0.1, 0.15) is 19.4 Å². The van der Waals surface area contributed by atoms with Gasteiger partial charge in [0, 0.05) is 18.3 Å². The normalized spacial score (nSPS) is 11.3. The van der Waals surface area contributed by atoms with Gasteiger partial charge < -0.3 is 25.3 Å². The first-order chi connectivity index (χ1) is 12.5. The molecule has 6 heteroatoms. The second-order valence-electron chi connectivity index (χ2n) is 6.02. The highest BCUT2D eigenvalue weighted by Crippen LogP contribution is 2.29. The number of aliphatic imine (C=N–C) groups is 1. The number of anilines is 1. The summed E-state index contributed by atoms with van der Waals surface area (Å²) in [7, 11) is 3.19. The van der Waals surface area contributed by atoms with E-state index in [2.05, 4.69) is 10.3 Å². The Labute approximate surface area is 155 Å². The number of nitrogens with two attached hydrogens (primary N) is 1. The Balaban J connectivity index is 1.88. The average molecular weight is 357 g/mol. The zero-order valence-electron chi connectivity index (χ0n) is 15.8. The number of hydrogen-bond acceptors (Lipinski definition) is 4. The van der Waals surface area contributed by atoms with Gasteiger partial charge in [0.25, 0.3) is 0 Å². The van der Waals surface area contributed by atoms with Crippen LogP contribution in [0, 0.1) is 0 Å². The summed E-state index contributed by atoms with van der Waals surface area (Å²) in [5.41, 5.74) is 7.93. The van der Waals surface area contributed by atoms with Crippen LogP contribution in [0.15, 0.2) is 47.5 Å². The fraction of sp³-hybridized carbons (Fsp3) is 0.350. The molecule has 2 aromatic carbocycles. The number of rotatable bonds is 8. The minimum atomic E-state index is 0.174. The largest absolute Gasteiger partial charge is 0.493 e. The second-order valence-corrected chi connectivity index (χ2v) is 6.02. The standard InChI is InChI=1S/C20H27N3O3/c1-14(2)26-17-8-5-15(6-9-17)11-12-22-20(21)23-16-7-10-18(24-3)19(13-16)25-4/h5-10,13-14H,11-12H2,1-4H3,(H3,21,22,23). The number of benzene rings is 2. The van der Waals surface area contributed by atoms with Crippen molar-refractivity contribution in [2.75, 3.05) is 26.1 Å². The zero-order valence-corrected chi connectivity index (χ0v) is 15.8. The van der Waals surface area contributed by atoms with Crippen LogP contribution in [0.3, 0.4) is 0 Å². The van der Waals surface area contributed by atoms with Gasteiger partial charge in [0.1, 0.15) is 5.75 Å². The molecule has 0 aliphatic heterocycles. The van der Waals surface area contributed by atoms with Crippen LogP contribution in [0.4, 0.5) is 5.69 Å². The van der Waals surface area contributed by atoms with E-state index >= 15 is 0 Å². The molecule has 0 aliphatic carbocycles. The number of hydrogen-bond donors (Lipinski definition) is 2. The minimum Gasteiger partial charge on any atom is -0.493 e. The van der Waals surface area contributed by atoms with Gasteiger partial charge in [-0.3, -0.25) is 4.99 Å². The van der Waals surface area contributed by atoms with Crippen LogP contribution in [0.5, 0.6) is 17.2 Å². The molecular weight excluding hydrogens is 330 g/mol. The molecule has 0 atom stereocenters. The molecule has 0 spiro atoms. The first-order valence-electron chi connectivity index (χ1n) is 8.56. The van der Waals surface area contributed by atoms with Gasteiger partial charge >= 0.3 is 0 Å². The van der Waals surface area contributed by atoms with Crippen LogP contribution in [-0.2, 0) is 6.42 Å². The first-order valence-corrected chi connectivity index (χ1v) is 8.56. The molecule has 0 heterocycles. The molecule has 3 N–H and O–H groups in total. The van der Waals surface area contributed by atoms with Gasteiger partial charge in [-0.25, -0.2) is 0 Å². The third-order valence-electron chi connectivity index (χ3n) is 3.63. The third kappa shape index (κ3) is 5.88. The lowest BCUT2D eigenvalue weighted by atomic mass is 10.1. The van der Waals surface area contributed by atoms with Crippen LogP contribution >= 0.6 is 0 Å². The molecule has 2 rings (SSSR count). The summed E-state index contributed by atoms with van der Waals surface area (Å²) in [6.07, 6.45) is 0.976. The van der Waals surface area contributed by atoms with Crippen molar-refractivity contribution in [3.63, 3.8) is 0 Å². The Morgan fingerprint density at radius 3 is 2.35 bits per heavy atom. The Hall–Kier alpha value is -2.89. The Kier molecular flexibility index (Phi) is 7.14. The third-order valence-corrected chi connectivity index (χ3v) is 3.63. The second kappa shape index (κ2) is 9.56. The fourth-order valence-corrected chi connectivity index (χ4v) is 2.41. The average Bonchev–Trinajstić information content (AvgIpc) is 2.62. The molecule has 140 valence electrons. The molecule has 0 unspecified atom stereocenters. The maximum absolute atomic E-state index is 5.96. The van der Waals surface area contributed by atoms with Crippen LogP contribution < -0.4 is 25.3 Å². The lowest BCUT2D eigenvalue weighted by Gasteiger charge is -2.11. The molecule has 6 nitrogen and oxygen atoms in total. The fourth-order valence-electron chi connectivity index (χ4n) is 2.41. The monoisotopic (exact) mass is 357 g/mol. The van der Waals surface area contributed by atoms with E-state index in [-0.39, 0.29) is 6.10 Å². The summed E-state index contributed by atoms with van der Waals surface area (Å²) < 4.78 is 16.1. The number of methoxy groups -OCH3 is 2. The van der Waals surface area contributed by atoms with Gasteiger partial charge in [-0.1, -0.05) is 12.1 Å². The Morgan fingerprint density at radius 2 is 1.73 bits per heavy atom.